The van der Waals surface area contributed by atoms with Crippen LogP contribution in [-0.4, -0.2) is 27.0 Å². The third-order valence-electron chi connectivity index (χ3n) is 4.82. The highest BCUT2D eigenvalue weighted by molar-refractivity contribution is 5.51. The molecule has 0 saturated carbocycles. The summed E-state index contributed by atoms with van der Waals surface area (Å²) in [7, 11) is 0. The summed E-state index contributed by atoms with van der Waals surface area (Å²) in [5.74, 6) is 0.624. The third-order valence-corrected chi connectivity index (χ3v) is 4.82. The van der Waals surface area contributed by atoms with Crippen LogP contribution in [0, 0.1) is 0 Å². The zero-order chi connectivity index (χ0) is 15.0. The molecule has 0 aromatic carbocycles. The Balaban J connectivity index is 1.84. The molecule has 3 unspecified atom stereocenters. The second kappa shape index (κ2) is 5.76. The molecule has 4 nitrogen and oxygen atoms in total. The van der Waals surface area contributed by atoms with Gasteiger partial charge in [-0.2, -0.15) is 0 Å². The summed E-state index contributed by atoms with van der Waals surface area (Å²) < 4.78 is 7.30. The predicted molar refractivity (Wildman–Crippen MR) is 81.8 cm³/mol. The maximum absolute atomic E-state index is 10.5. The van der Waals surface area contributed by atoms with Crippen molar-refractivity contribution in [2.75, 3.05) is 0 Å². The van der Waals surface area contributed by atoms with E-state index in [1.54, 1.807) is 10.6 Å². The molecule has 116 valence electrons. The van der Waals surface area contributed by atoms with E-state index in [-0.39, 0.29) is 29.9 Å². The van der Waals surface area contributed by atoms with Gasteiger partial charge < -0.3 is 14.9 Å². The molecule has 0 bridgehead atoms. The van der Waals surface area contributed by atoms with Gasteiger partial charge >= 0.3 is 0 Å². The molecule has 2 N–H and O–H groups in total. The normalized spacial score (nSPS) is 26.2. The highest BCUT2D eigenvalue weighted by Crippen LogP contribution is 2.53. The van der Waals surface area contributed by atoms with E-state index in [4.69, 9.17) is 4.74 Å². The molecule has 0 radical (unpaired) electrons. The maximum Gasteiger partial charge on any atom is 0.198 e. The van der Waals surface area contributed by atoms with Crippen molar-refractivity contribution in [3.63, 3.8) is 0 Å². The Bertz CT molecular complexity index is 535. The van der Waals surface area contributed by atoms with Crippen LogP contribution < -0.4 is 0 Å². The molecule has 1 aromatic rings. The lowest BCUT2D eigenvalue weighted by Gasteiger charge is -2.19. The standard InChI is InChI=1S/C17H25NO3/c1-3-5-6-7-8-11-14-12(10-13-15(11)21-13)16(19)18(9-4-2)17(14)20/h4,11,13,15,19-20H,2-3,5-10H2,1H3. The Labute approximate surface area is 126 Å². The van der Waals surface area contributed by atoms with Crippen molar-refractivity contribution in [3.8, 4) is 11.8 Å². The molecule has 0 spiro atoms. The van der Waals surface area contributed by atoms with E-state index >= 15 is 0 Å². The molecule has 2 aliphatic rings. The number of nitrogens with zero attached hydrogens (tertiary/aromatic N) is 1. The van der Waals surface area contributed by atoms with Crippen LogP contribution in [0.2, 0.25) is 0 Å². The first-order chi connectivity index (χ1) is 10.2. The van der Waals surface area contributed by atoms with E-state index in [1.807, 2.05) is 0 Å². The third kappa shape index (κ3) is 2.46. The van der Waals surface area contributed by atoms with Gasteiger partial charge in [0.05, 0.1) is 12.2 Å². The quantitative estimate of drug-likeness (QED) is 0.459. The van der Waals surface area contributed by atoms with E-state index in [1.165, 1.54) is 19.3 Å². The molecule has 2 heterocycles. The van der Waals surface area contributed by atoms with Gasteiger partial charge in [-0.25, -0.2) is 0 Å². The number of hydrogen-bond acceptors (Lipinski definition) is 3. The van der Waals surface area contributed by atoms with Gasteiger partial charge in [0, 0.05) is 30.0 Å². The number of fused-ring (bicyclic) bond motifs is 2. The van der Waals surface area contributed by atoms with Crippen LogP contribution in [-0.2, 0) is 17.7 Å². The fraction of sp³-hybridized carbons (Fsp3) is 0.647. The molecule has 0 amide bonds. The summed E-state index contributed by atoms with van der Waals surface area (Å²) >= 11 is 0. The van der Waals surface area contributed by atoms with Crippen molar-refractivity contribution in [2.24, 2.45) is 0 Å². The first-order valence-electron chi connectivity index (χ1n) is 8.08. The van der Waals surface area contributed by atoms with Gasteiger partial charge in [-0.3, -0.25) is 4.57 Å². The molecule has 1 aliphatic carbocycles. The van der Waals surface area contributed by atoms with Crippen LogP contribution in [0.3, 0.4) is 0 Å². The van der Waals surface area contributed by atoms with E-state index < -0.39 is 0 Å². The first kappa shape index (κ1) is 14.5. The Hall–Kier alpha value is -1.42. The second-order valence-corrected chi connectivity index (χ2v) is 6.24. The number of aromatic hydroxyl groups is 2. The predicted octanol–water partition coefficient (Wildman–Crippen LogP) is 3.46. The molecule has 4 heteroatoms. The number of rotatable bonds is 7. The number of ether oxygens (including phenoxy) is 1. The minimum absolute atomic E-state index is 0.190. The van der Waals surface area contributed by atoms with Crippen molar-refractivity contribution in [2.45, 2.75) is 70.1 Å². The Morgan fingerprint density at radius 1 is 1.29 bits per heavy atom. The van der Waals surface area contributed by atoms with Crippen molar-refractivity contribution in [1.82, 2.24) is 4.57 Å². The summed E-state index contributed by atoms with van der Waals surface area (Å²) in [6.07, 6.45) is 8.76. The maximum atomic E-state index is 10.5. The number of aromatic nitrogens is 1. The largest absolute Gasteiger partial charge is 0.494 e. The minimum atomic E-state index is 0.190. The fourth-order valence-electron chi connectivity index (χ4n) is 3.70. The summed E-state index contributed by atoms with van der Waals surface area (Å²) in [5, 5.41) is 20.8. The molecule has 1 saturated heterocycles. The average Bonchev–Trinajstić information content (AvgIpc) is 3.22. The molecule has 1 aromatic heterocycles. The highest BCUT2D eigenvalue weighted by Gasteiger charge is 2.52. The van der Waals surface area contributed by atoms with Gasteiger partial charge in [-0.15, -0.1) is 6.58 Å². The van der Waals surface area contributed by atoms with E-state index in [9.17, 15) is 10.2 Å². The molecular weight excluding hydrogens is 266 g/mol. The fourth-order valence-corrected chi connectivity index (χ4v) is 3.70. The molecule has 1 fully saturated rings. The van der Waals surface area contributed by atoms with Crippen molar-refractivity contribution < 1.29 is 14.9 Å². The summed E-state index contributed by atoms with van der Waals surface area (Å²) in [5.41, 5.74) is 1.80. The summed E-state index contributed by atoms with van der Waals surface area (Å²) in [6.45, 7) is 6.33. The summed E-state index contributed by atoms with van der Waals surface area (Å²) in [6, 6.07) is 0. The topological polar surface area (TPSA) is 57.9 Å². The van der Waals surface area contributed by atoms with Gasteiger partial charge in [0.2, 0.25) is 0 Å². The Kier molecular flexibility index (Phi) is 3.98. The van der Waals surface area contributed by atoms with Crippen LogP contribution in [0.5, 0.6) is 11.8 Å². The lowest BCUT2D eigenvalue weighted by atomic mass is 9.82. The van der Waals surface area contributed by atoms with E-state index in [2.05, 4.69) is 13.5 Å². The van der Waals surface area contributed by atoms with Crippen LogP contribution in [0.15, 0.2) is 12.7 Å². The lowest BCUT2D eigenvalue weighted by molar-refractivity contribution is 0.334. The average molecular weight is 291 g/mol. The molecule has 3 atom stereocenters. The smallest absolute Gasteiger partial charge is 0.198 e. The number of epoxide rings is 1. The Morgan fingerprint density at radius 3 is 2.81 bits per heavy atom. The van der Waals surface area contributed by atoms with Crippen LogP contribution in [0.1, 0.15) is 56.1 Å². The van der Waals surface area contributed by atoms with E-state index in [0.717, 1.165) is 30.4 Å². The van der Waals surface area contributed by atoms with Gasteiger partial charge in [0.1, 0.15) is 0 Å². The number of unbranched alkanes of at least 4 members (excludes halogenated alkanes) is 3. The molecule has 21 heavy (non-hydrogen) atoms. The van der Waals surface area contributed by atoms with Crippen LogP contribution in [0.4, 0.5) is 0 Å². The van der Waals surface area contributed by atoms with Gasteiger partial charge in [-0.05, 0) is 6.42 Å². The molecule has 1 aliphatic heterocycles. The van der Waals surface area contributed by atoms with Crippen molar-refractivity contribution in [3.05, 3.63) is 23.8 Å². The molecular formula is C17H25NO3. The molecule has 3 rings (SSSR count). The highest BCUT2D eigenvalue weighted by atomic mass is 16.6. The van der Waals surface area contributed by atoms with Gasteiger partial charge in [0.25, 0.3) is 0 Å². The van der Waals surface area contributed by atoms with E-state index in [0.29, 0.717) is 6.54 Å². The zero-order valence-electron chi connectivity index (χ0n) is 12.7. The monoisotopic (exact) mass is 291 g/mol. The Morgan fingerprint density at radius 2 is 2.10 bits per heavy atom. The minimum Gasteiger partial charge on any atom is -0.494 e. The van der Waals surface area contributed by atoms with Crippen molar-refractivity contribution >= 4 is 0 Å². The van der Waals surface area contributed by atoms with Crippen LogP contribution in [0.25, 0.3) is 0 Å². The number of allylic oxidation sites excluding steroid dienone is 1. The van der Waals surface area contributed by atoms with Gasteiger partial charge in [0.15, 0.2) is 11.8 Å². The lowest BCUT2D eigenvalue weighted by Crippen LogP contribution is -2.17. The number of hydrogen-bond donors (Lipinski definition) is 2. The zero-order valence-corrected chi connectivity index (χ0v) is 12.7. The second-order valence-electron chi connectivity index (χ2n) is 6.24. The first-order valence-corrected chi connectivity index (χ1v) is 8.08. The summed E-state index contributed by atoms with van der Waals surface area (Å²) in [4.78, 5) is 0. The van der Waals surface area contributed by atoms with Crippen molar-refractivity contribution in [1.29, 1.82) is 0 Å². The van der Waals surface area contributed by atoms with Crippen LogP contribution >= 0.6 is 0 Å². The SMILES string of the molecule is C=CCn1c(O)c2c(c1O)C(CCCCCC)C1OC1C2. The van der Waals surface area contributed by atoms with Gasteiger partial charge in [-0.1, -0.05) is 38.7 Å².